The van der Waals surface area contributed by atoms with Gasteiger partial charge in [-0.1, -0.05) is 0 Å². The fraction of sp³-hybridized carbons (Fsp3) is 0.500. The van der Waals surface area contributed by atoms with E-state index in [0.29, 0.717) is 6.42 Å². The van der Waals surface area contributed by atoms with Crippen LogP contribution in [0.15, 0.2) is 22.8 Å². The van der Waals surface area contributed by atoms with E-state index in [4.69, 9.17) is 4.42 Å². The minimum absolute atomic E-state index is 0.0716. The Hall–Kier alpha value is -1.83. The monoisotopic (exact) mass is 300 g/mol. The fourth-order valence-corrected chi connectivity index (χ4v) is 4.24. The topological polar surface area (TPSA) is 105 Å². The Morgan fingerprint density at radius 1 is 1.45 bits per heavy atom. The highest BCUT2D eigenvalue weighted by atomic mass is 32.2. The van der Waals surface area contributed by atoms with Crippen LogP contribution in [0.2, 0.25) is 0 Å². The van der Waals surface area contributed by atoms with Crippen LogP contribution in [0.1, 0.15) is 23.9 Å². The predicted octanol–water partition coefficient (Wildman–Crippen LogP) is -0.297. The molecule has 0 saturated carbocycles. The Bertz CT molecular complexity index is 608. The highest BCUT2D eigenvalue weighted by Gasteiger charge is 2.39. The summed E-state index contributed by atoms with van der Waals surface area (Å²) in [5.74, 6) is -0.799. The average molecular weight is 300 g/mol. The lowest BCUT2D eigenvalue weighted by Gasteiger charge is -2.23. The first-order valence-corrected chi connectivity index (χ1v) is 7.95. The molecule has 2 N–H and O–H groups in total. The molecule has 20 heavy (non-hydrogen) atoms. The van der Waals surface area contributed by atoms with Gasteiger partial charge < -0.3 is 15.1 Å². The van der Waals surface area contributed by atoms with E-state index in [9.17, 15) is 18.0 Å². The Kier molecular flexibility index (Phi) is 3.85. The highest BCUT2D eigenvalue weighted by Crippen LogP contribution is 2.22. The molecule has 1 aliphatic rings. The summed E-state index contributed by atoms with van der Waals surface area (Å²) in [6.45, 7) is 1.46. The third-order valence-electron chi connectivity index (χ3n) is 3.10. The number of carbonyl (C=O) groups is 2. The van der Waals surface area contributed by atoms with Crippen LogP contribution in [0, 0.1) is 0 Å². The van der Waals surface area contributed by atoms with Crippen molar-refractivity contribution >= 4 is 21.7 Å². The zero-order valence-electron chi connectivity index (χ0n) is 11.0. The van der Waals surface area contributed by atoms with Crippen LogP contribution >= 0.6 is 0 Å². The van der Waals surface area contributed by atoms with Crippen LogP contribution in [0.25, 0.3) is 0 Å². The van der Waals surface area contributed by atoms with Gasteiger partial charge in [-0.05, 0) is 25.5 Å². The SMILES string of the molecule is C[C@]1(NC(=O)CNC(=O)c2ccco2)CCS(=O)(=O)C1. The fourth-order valence-electron chi connectivity index (χ4n) is 2.15. The second kappa shape index (κ2) is 5.28. The largest absolute Gasteiger partial charge is 0.459 e. The molecular formula is C12H16N2O5S. The zero-order valence-corrected chi connectivity index (χ0v) is 11.8. The summed E-state index contributed by atoms with van der Waals surface area (Å²) >= 11 is 0. The van der Waals surface area contributed by atoms with Gasteiger partial charge >= 0.3 is 0 Å². The van der Waals surface area contributed by atoms with Gasteiger partial charge in [0.1, 0.15) is 0 Å². The molecule has 0 radical (unpaired) electrons. The maximum absolute atomic E-state index is 11.7. The van der Waals surface area contributed by atoms with Gasteiger partial charge in [0.2, 0.25) is 5.91 Å². The van der Waals surface area contributed by atoms with Crippen molar-refractivity contribution in [3.05, 3.63) is 24.2 Å². The Morgan fingerprint density at radius 3 is 2.75 bits per heavy atom. The van der Waals surface area contributed by atoms with Crippen molar-refractivity contribution in [2.24, 2.45) is 0 Å². The third-order valence-corrected chi connectivity index (χ3v) is 5.00. The third kappa shape index (κ3) is 3.60. The number of furan rings is 1. The Morgan fingerprint density at radius 2 is 2.20 bits per heavy atom. The summed E-state index contributed by atoms with van der Waals surface area (Å²) in [6.07, 6.45) is 1.74. The lowest BCUT2D eigenvalue weighted by atomic mass is 10.0. The van der Waals surface area contributed by atoms with Gasteiger partial charge in [0.15, 0.2) is 15.6 Å². The maximum atomic E-state index is 11.7. The van der Waals surface area contributed by atoms with E-state index < -0.39 is 27.2 Å². The van der Waals surface area contributed by atoms with Crippen LogP contribution in [-0.4, -0.2) is 43.8 Å². The Balaban J connectivity index is 1.83. The Labute approximate surface area is 116 Å². The van der Waals surface area contributed by atoms with Crippen LogP contribution in [0.4, 0.5) is 0 Å². The molecule has 0 spiro atoms. The van der Waals surface area contributed by atoms with Gasteiger partial charge in [-0.15, -0.1) is 0 Å². The quantitative estimate of drug-likeness (QED) is 0.794. The van der Waals surface area contributed by atoms with Crippen molar-refractivity contribution in [1.29, 1.82) is 0 Å². The van der Waals surface area contributed by atoms with Gasteiger partial charge in [-0.25, -0.2) is 8.42 Å². The van der Waals surface area contributed by atoms with Crippen LogP contribution in [0.5, 0.6) is 0 Å². The molecule has 2 rings (SSSR count). The predicted molar refractivity (Wildman–Crippen MR) is 70.9 cm³/mol. The lowest BCUT2D eigenvalue weighted by Crippen LogP contribution is -2.50. The molecule has 2 amide bonds. The number of hydrogen-bond donors (Lipinski definition) is 2. The van der Waals surface area contributed by atoms with Gasteiger partial charge in [-0.3, -0.25) is 9.59 Å². The molecule has 0 unspecified atom stereocenters. The van der Waals surface area contributed by atoms with Crippen molar-refractivity contribution in [1.82, 2.24) is 10.6 Å². The summed E-state index contributed by atoms with van der Waals surface area (Å²) in [7, 11) is -3.08. The molecule has 110 valence electrons. The van der Waals surface area contributed by atoms with Crippen LogP contribution < -0.4 is 10.6 Å². The van der Waals surface area contributed by atoms with Crippen LogP contribution in [0.3, 0.4) is 0 Å². The normalized spacial score (nSPS) is 24.2. The molecule has 1 atom stereocenters. The number of rotatable bonds is 4. The molecule has 1 aliphatic heterocycles. The van der Waals surface area contributed by atoms with Crippen molar-refractivity contribution in [2.75, 3.05) is 18.1 Å². The second-order valence-corrected chi connectivity index (χ2v) is 7.29. The number of nitrogens with one attached hydrogen (secondary N) is 2. The van der Waals surface area contributed by atoms with E-state index in [-0.39, 0.29) is 23.8 Å². The maximum Gasteiger partial charge on any atom is 0.287 e. The van der Waals surface area contributed by atoms with E-state index in [2.05, 4.69) is 10.6 Å². The minimum atomic E-state index is -3.08. The minimum Gasteiger partial charge on any atom is -0.459 e. The molecular weight excluding hydrogens is 284 g/mol. The second-order valence-electron chi connectivity index (χ2n) is 5.11. The first-order chi connectivity index (χ1) is 9.30. The first-order valence-electron chi connectivity index (χ1n) is 6.13. The standard InChI is InChI=1S/C12H16N2O5S/c1-12(4-6-20(17,18)8-12)14-10(15)7-13-11(16)9-3-2-5-19-9/h2-3,5H,4,6-8H2,1H3,(H,13,16)(H,14,15)/t12-/m0/s1. The number of hydrogen-bond acceptors (Lipinski definition) is 5. The first kappa shape index (κ1) is 14.6. The zero-order chi connectivity index (χ0) is 14.8. The van der Waals surface area contributed by atoms with Gasteiger partial charge in [0.05, 0.1) is 29.9 Å². The molecule has 0 bridgehead atoms. The van der Waals surface area contributed by atoms with Gasteiger partial charge in [0.25, 0.3) is 5.91 Å². The molecule has 2 heterocycles. The van der Waals surface area contributed by atoms with Gasteiger partial charge in [-0.2, -0.15) is 0 Å². The van der Waals surface area contributed by atoms with E-state index in [1.165, 1.54) is 12.3 Å². The summed E-state index contributed by atoms with van der Waals surface area (Å²) in [5, 5.41) is 5.05. The molecule has 7 nitrogen and oxygen atoms in total. The van der Waals surface area contributed by atoms with E-state index in [1.807, 2.05) is 0 Å². The number of sulfone groups is 1. The smallest absolute Gasteiger partial charge is 0.287 e. The summed E-state index contributed by atoms with van der Waals surface area (Å²) in [6, 6.07) is 3.05. The molecule has 1 fully saturated rings. The van der Waals surface area contributed by atoms with Crippen LogP contribution in [-0.2, 0) is 14.6 Å². The molecule has 1 aromatic rings. The average Bonchev–Trinajstić information content (AvgIpc) is 2.94. The number of carbonyl (C=O) groups excluding carboxylic acids is 2. The molecule has 0 aromatic carbocycles. The molecule has 1 aromatic heterocycles. The van der Waals surface area contributed by atoms with E-state index in [0.717, 1.165) is 0 Å². The molecule has 8 heteroatoms. The summed E-state index contributed by atoms with van der Waals surface area (Å²) < 4.78 is 27.7. The van der Waals surface area contributed by atoms with E-state index in [1.54, 1.807) is 13.0 Å². The molecule has 0 aliphatic carbocycles. The summed E-state index contributed by atoms with van der Waals surface area (Å²) in [5.41, 5.74) is -0.759. The van der Waals surface area contributed by atoms with E-state index >= 15 is 0 Å². The number of amides is 2. The molecule has 1 saturated heterocycles. The van der Waals surface area contributed by atoms with Gasteiger partial charge in [0, 0.05) is 0 Å². The van der Waals surface area contributed by atoms with Crippen molar-refractivity contribution in [2.45, 2.75) is 18.9 Å². The van der Waals surface area contributed by atoms with Crippen molar-refractivity contribution < 1.29 is 22.4 Å². The lowest BCUT2D eigenvalue weighted by molar-refractivity contribution is -0.121. The summed E-state index contributed by atoms with van der Waals surface area (Å²) in [4.78, 5) is 23.3. The van der Waals surface area contributed by atoms with Crippen molar-refractivity contribution in [3.8, 4) is 0 Å². The highest BCUT2D eigenvalue weighted by molar-refractivity contribution is 7.91. The van der Waals surface area contributed by atoms with Crippen molar-refractivity contribution in [3.63, 3.8) is 0 Å².